The standard InChI is InChI=1S/C18H20N6O3/c1-27-15-5-4-12(10-13(15)17(25)21-7-2-6-19)22-18(26)14-11-16-20-8-3-9-24(16)23-14/h3-5,8-11H,2,6-7,19H2,1H3,(H,21,25)(H,22,26). The summed E-state index contributed by atoms with van der Waals surface area (Å²) in [6.07, 6.45) is 4.00. The van der Waals surface area contributed by atoms with Crippen molar-refractivity contribution in [1.82, 2.24) is 19.9 Å². The molecule has 140 valence electrons. The van der Waals surface area contributed by atoms with Crippen LogP contribution in [0.1, 0.15) is 27.3 Å². The minimum Gasteiger partial charge on any atom is -0.496 e. The summed E-state index contributed by atoms with van der Waals surface area (Å²) in [6, 6.07) is 8.14. The first kappa shape index (κ1) is 18.3. The van der Waals surface area contributed by atoms with E-state index in [0.29, 0.717) is 42.2 Å². The molecule has 0 fully saturated rings. The van der Waals surface area contributed by atoms with E-state index >= 15 is 0 Å². The third-order valence-electron chi connectivity index (χ3n) is 3.84. The van der Waals surface area contributed by atoms with E-state index in [1.54, 1.807) is 42.7 Å². The number of methoxy groups -OCH3 is 1. The van der Waals surface area contributed by atoms with Gasteiger partial charge in [-0.3, -0.25) is 9.59 Å². The number of rotatable bonds is 7. The third-order valence-corrected chi connectivity index (χ3v) is 3.84. The molecule has 0 unspecified atom stereocenters. The minimum atomic E-state index is -0.403. The second kappa shape index (κ2) is 8.28. The predicted molar refractivity (Wildman–Crippen MR) is 99.9 cm³/mol. The van der Waals surface area contributed by atoms with Crippen molar-refractivity contribution in [2.75, 3.05) is 25.5 Å². The van der Waals surface area contributed by atoms with Gasteiger partial charge in [0.1, 0.15) is 5.75 Å². The molecule has 0 radical (unpaired) electrons. The smallest absolute Gasteiger partial charge is 0.276 e. The number of carbonyl (C=O) groups excluding carboxylic acids is 2. The molecule has 0 saturated heterocycles. The van der Waals surface area contributed by atoms with E-state index < -0.39 is 5.91 Å². The van der Waals surface area contributed by atoms with Crippen molar-refractivity contribution in [3.05, 3.63) is 54.0 Å². The van der Waals surface area contributed by atoms with Gasteiger partial charge in [0.2, 0.25) is 0 Å². The summed E-state index contributed by atoms with van der Waals surface area (Å²) in [6.45, 7) is 0.949. The molecule has 0 aliphatic heterocycles. The van der Waals surface area contributed by atoms with Gasteiger partial charge in [0.25, 0.3) is 11.8 Å². The molecule has 3 aromatic rings. The van der Waals surface area contributed by atoms with Gasteiger partial charge in [-0.2, -0.15) is 5.10 Å². The molecule has 0 saturated carbocycles. The number of ether oxygens (including phenoxy) is 1. The molecule has 0 spiro atoms. The van der Waals surface area contributed by atoms with Crippen molar-refractivity contribution in [3.63, 3.8) is 0 Å². The van der Waals surface area contributed by atoms with E-state index in [1.165, 1.54) is 11.6 Å². The quantitative estimate of drug-likeness (QED) is 0.536. The summed E-state index contributed by atoms with van der Waals surface area (Å²) in [5.74, 6) is -0.288. The summed E-state index contributed by atoms with van der Waals surface area (Å²) in [7, 11) is 1.48. The second-order valence-corrected chi connectivity index (χ2v) is 5.72. The third kappa shape index (κ3) is 4.21. The van der Waals surface area contributed by atoms with Gasteiger partial charge in [0.05, 0.1) is 12.7 Å². The van der Waals surface area contributed by atoms with Crippen molar-refractivity contribution in [1.29, 1.82) is 0 Å². The van der Waals surface area contributed by atoms with E-state index in [-0.39, 0.29) is 11.6 Å². The van der Waals surface area contributed by atoms with Crippen molar-refractivity contribution >= 4 is 23.1 Å². The van der Waals surface area contributed by atoms with Gasteiger partial charge in [-0.05, 0) is 37.2 Å². The monoisotopic (exact) mass is 368 g/mol. The van der Waals surface area contributed by atoms with Crippen LogP contribution in [0.5, 0.6) is 5.75 Å². The number of benzene rings is 1. The Balaban J connectivity index is 1.78. The van der Waals surface area contributed by atoms with Gasteiger partial charge in [-0.1, -0.05) is 0 Å². The van der Waals surface area contributed by atoms with Crippen LogP contribution in [0.3, 0.4) is 0 Å². The zero-order valence-electron chi connectivity index (χ0n) is 14.8. The maximum Gasteiger partial charge on any atom is 0.276 e. The van der Waals surface area contributed by atoms with E-state index in [1.807, 2.05) is 0 Å². The van der Waals surface area contributed by atoms with Crippen LogP contribution in [0.2, 0.25) is 0 Å². The Kier molecular flexibility index (Phi) is 5.62. The molecule has 27 heavy (non-hydrogen) atoms. The highest BCUT2D eigenvalue weighted by Crippen LogP contribution is 2.23. The predicted octanol–water partition coefficient (Wildman–Crippen LogP) is 1.07. The first-order valence-corrected chi connectivity index (χ1v) is 8.40. The first-order valence-electron chi connectivity index (χ1n) is 8.40. The number of hydrogen-bond acceptors (Lipinski definition) is 6. The van der Waals surface area contributed by atoms with Gasteiger partial charge in [0, 0.05) is 30.7 Å². The molecular weight excluding hydrogens is 348 g/mol. The summed E-state index contributed by atoms with van der Waals surface area (Å²) in [5, 5.41) is 9.68. The van der Waals surface area contributed by atoms with E-state index in [9.17, 15) is 9.59 Å². The van der Waals surface area contributed by atoms with Crippen molar-refractivity contribution in [2.45, 2.75) is 6.42 Å². The largest absolute Gasteiger partial charge is 0.496 e. The van der Waals surface area contributed by atoms with Crippen LogP contribution < -0.4 is 21.1 Å². The van der Waals surface area contributed by atoms with Crippen molar-refractivity contribution in [3.8, 4) is 5.75 Å². The number of aromatic nitrogens is 3. The molecule has 9 heteroatoms. The molecule has 0 aliphatic carbocycles. The molecule has 3 rings (SSSR count). The van der Waals surface area contributed by atoms with Crippen molar-refractivity contribution in [2.24, 2.45) is 5.73 Å². The Bertz CT molecular complexity index is 936. The number of amides is 2. The molecule has 0 bridgehead atoms. The van der Waals surface area contributed by atoms with Crippen LogP contribution >= 0.6 is 0 Å². The number of carbonyl (C=O) groups is 2. The van der Waals surface area contributed by atoms with Crippen LogP contribution in [0.4, 0.5) is 5.69 Å². The molecule has 2 heterocycles. The van der Waals surface area contributed by atoms with Crippen molar-refractivity contribution < 1.29 is 14.3 Å². The molecule has 0 atom stereocenters. The number of anilines is 1. The van der Waals surface area contributed by atoms with E-state index in [2.05, 4.69) is 20.7 Å². The SMILES string of the molecule is COc1ccc(NC(=O)c2cc3ncccn3n2)cc1C(=O)NCCCN. The average Bonchev–Trinajstić information content (AvgIpc) is 3.12. The lowest BCUT2D eigenvalue weighted by atomic mass is 10.1. The Morgan fingerprint density at radius 2 is 2.11 bits per heavy atom. The fraction of sp³-hybridized carbons (Fsp3) is 0.222. The van der Waals surface area contributed by atoms with Crippen LogP contribution in [-0.2, 0) is 0 Å². The average molecular weight is 368 g/mol. The topological polar surface area (TPSA) is 124 Å². The minimum absolute atomic E-state index is 0.221. The highest BCUT2D eigenvalue weighted by Gasteiger charge is 2.16. The number of fused-ring (bicyclic) bond motifs is 1. The number of nitrogens with two attached hydrogens (primary N) is 1. The summed E-state index contributed by atoms with van der Waals surface area (Å²) in [5.41, 5.74) is 7.00. The van der Waals surface area contributed by atoms with Gasteiger partial charge in [0.15, 0.2) is 11.3 Å². The fourth-order valence-corrected chi connectivity index (χ4v) is 2.50. The lowest BCUT2D eigenvalue weighted by Crippen LogP contribution is -2.26. The van der Waals surface area contributed by atoms with Gasteiger partial charge >= 0.3 is 0 Å². The summed E-state index contributed by atoms with van der Waals surface area (Å²) >= 11 is 0. The van der Waals surface area contributed by atoms with E-state index in [0.717, 1.165) is 0 Å². The van der Waals surface area contributed by atoms with E-state index in [4.69, 9.17) is 10.5 Å². The lowest BCUT2D eigenvalue weighted by molar-refractivity contribution is 0.0949. The second-order valence-electron chi connectivity index (χ2n) is 5.72. The molecule has 1 aromatic carbocycles. The molecule has 9 nitrogen and oxygen atoms in total. The molecular formula is C18H20N6O3. The first-order chi connectivity index (χ1) is 13.1. The number of nitrogens with one attached hydrogen (secondary N) is 2. The number of hydrogen-bond donors (Lipinski definition) is 3. The Hall–Kier alpha value is -3.46. The zero-order chi connectivity index (χ0) is 19.2. The highest BCUT2D eigenvalue weighted by atomic mass is 16.5. The van der Waals surface area contributed by atoms with Gasteiger partial charge in [-0.15, -0.1) is 0 Å². The molecule has 2 aromatic heterocycles. The Labute approximate surface area is 155 Å². The molecule has 0 aliphatic rings. The Morgan fingerprint density at radius 1 is 1.26 bits per heavy atom. The molecule has 4 N–H and O–H groups in total. The van der Waals surface area contributed by atoms with Gasteiger partial charge in [-0.25, -0.2) is 9.50 Å². The zero-order valence-corrected chi connectivity index (χ0v) is 14.8. The van der Waals surface area contributed by atoms with Gasteiger partial charge < -0.3 is 21.1 Å². The van der Waals surface area contributed by atoms with Crippen LogP contribution in [0, 0.1) is 0 Å². The maximum atomic E-state index is 12.5. The highest BCUT2D eigenvalue weighted by molar-refractivity contribution is 6.05. The summed E-state index contributed by atoms with van der Waals surface area (Å²) in [4.78, 5) is 29.0. The lowest BCUT2D eigenvalue weighted by Gasteiger charge is -2.11. The maximum absolute atomic E-state index is 12.5. The number of nitrogens with zero attached hydrogens (tertiary/aromatic N) is 3. The molecule has 2 amide bonds. The fourth-order valence-electron chi connectivity index (χ4n) is 2.50. The normalized spacial score (nSPS) is 10.6. The summed E-state index contributed by atoms with van der Waals surface area (Å²) < 4.78 is 6.75. The van der Waals surface area contributed by atoms with Crippen LogP contribution in [-0.4, -0.2) is 46.6 Å². The van der Waals surface area contributed by atoms with Crippen LogP contribution in [0.15, 0.2) is 42.7 Å². The Morgan fingerprint density at radius 3 is 2.85 bits per heavy atom. The van der Waals surface area contributed by atoms with Crippen LogP contribution in [0.25, 0.3) is 5.65 Å².